The molecule has 0 aromatic carbocycles. The predicted octanol–water partition coefficient (Wildman–Crippen LogP) is 1.79. The lowest BCUT2D eigenvalue weighted by Gasteiger charge is -2.11. The average molecular weight is 242 g/mol. The summed E-state index contributed by atoms with van der Waals surface area (Å²) in [6.07, 6.45) is -7.97. The van der Waals surface area contributed by atoms with Crippen LogP contribution in [-0.4, -0.2) is 4.98 Å². The van der Waals surface area contributed by atoms with Gasteiger partial charge in [0.05, 0.1) is 5.69 Å². The van der Waals surface area contributed by atoms with Crippen LogP contribution >= 0.6 is 0 Å². The van der Waals surface area contributed by atoms with Crippen LogP contribution in [0.3, 0.4) is 0 Å². The summed E-state index contributed by atoms with van der Waals surface area (Å²) in [7, 11) is 0. The van der Waals surface area contributed by atoms with Crippen molar-refractivity contribution in [3.8, 4) is 0 Å². The van der Waals surface area contributed by atoms with Gasteiger partial charge in [0.25, 0.3) is 12.0 Å². The Morgan fingerprint density at radius 3 is 2.31 bits per heavy atom. The van der Waals surface area contributed by atoms with Crippen LogP contribution in [0.4, 0.5) is 22.0 Å². The number of nitrogens with one attached hydrogen (secondary N) is 1. The highest BCUT2D eigenvalue weighted by molar-refractivity contribution is 5.27. The molecular formula is C8H7F5N2O. The maximum Gasteiger partial charge on any atom is 0.421 e. The minimum atomic E-state index is -4.89. The Hall–Kier alpha value is -1.44. The second-order valence-electron chi connectivity index (χ2n) is 2.95. The molecular weight excluding hydrogens is 235 g/mol. The number of rotatable bonds is 2. The Balaban J connectivity index is 3.44. The highest BCUT2D eigenvalue weighted by atomic mass is 19.4. The molecule has 0 aliphatic carbocycles. The molecule has 0 aliphatic heterocycles. The number of nitrogens with two attached hydrogens (primary N) is 1. The summed E-state index contributed by atoms with van der Waals surface area (Å²) in [5.74, 6) is 0. The molecule has 0 spiro atoms. The zero-order chi connectivity index (χ0) is 12.5. The second kappa shape index (κ2) is 4.20. The van der Waals surface area contributed by atoms with Gasteiger partial charge in [-0.15, -0.1) is 0 Å². The molecule has 1 aromatic heterocycles. The highest BCUT2D eigenvalue weighted by Gasteiger charge is 2.35. The van der Waals surface area contributed by atoms with E-state index in [-0.39, 0.29) is 0 Å². The molecule has 1 rings (SSSR count). The van der Waals surface area contributed by atoms with E-state index in [1.165, 1.54) is 4.98 Å². The number of pyridine rings is 1. The lowest BCUT2D eigenvalue weighted by molar-refractivity contribution is -0.138. The predicted molar refractivity (Wildman–Crippen MR) is 44.9 cm³/mol. The van der Waals surface area contributed by atoms with E-state index in [2.05, 4.69) is 0 Å². The van der Waals surface area contributed by atoms with Crippen molar-refractivity contribution in [1.29, 1.82) is 0 Å². The van der Waals surface area contributed by atoms with Crippen LogP contribution in [0, 0.1) is 0 Å². The van der Waals surface area contributed by atoms with E-state index in [1.807, 2.05) is 0 Å². The summed E-state index contributed by atoms with van der Waals surface area (Å²) in [6.45, 7) is -0.514. The van der Waals surface area contributed by atoms with Crippen molar-refractivity contribution in [3.05, 3.63) is 33.2 Å². The molecule has 0 bridgehead atoms. The van der Waals surface area contributed by atoms with Crippen molar-refractivity contribution >= 4 is 0 Å². The molecule has 90 valence electrons. The van der Waals surface area contributed by atoms with E-state index in [1.54, 1.807) is 0 Å². The molecule has 0 saturated heterocycles. The third kappa shape index (κ3) is 2.38. The normalized spacial score (nSPS) is 12.2. The summed E-state index contributed by atoms with van der Waals surface area (Å²) >= 11 is 0. The van der Waals surface area contributed by atoms with E-state index >= 15 is 0 Å². The SMILES string of the molecule is NCc1cc(C(F)(F)F)c(=O)[nH]c1C(F)F. The molecule has 0 unspecified atom stereocenters. The topological polar surface area (TPSA) is 58.9 Å². The monoisotopic (exact) mass is 242 g/mol. The Morgan fingerprint density at radius 2 is 1.94 bits per heavy atom. The van der Waals surface area contributed by atoms with E-state index in [9.17, 15) is 26.7 Å². The zero-order valence-electron chi connectivity index (χ0n) is 7.74. The van der Waals surface area contributed by atoms with E-state index in [0.29, 0.717) is 6.07 Å². The van der Waals surface area contributed by atoms with E-state index < -0.39 is 41.5 Å². The van der Waals surface area contributed by atoms with E-state index in [0.717, 1.165) is 0 Å². The first-order chi connectivity index (χ1) is 7.27. The second-order valence-corrected chi connectivity index (χ2v) is 2.95. The van der Waals surface area contributed by atoms with Gasteiger partial charge in [-0.1, -0.05) is 0 Å². The summed E-state index contributed by atoms with van der Waals surface area (Å²) in [5.41, 5.74) is 0.597. The molecule has 8 heteroatoms. The number of halogens is 5. The number of hydrogen-bond acceptors (Lipinski definition) is 2. The summed E-state index contributed by atoms with van der Waals surface area (Å²) in [4.78, 5) is 12.4. The molecule has 0 atom stereocenters. The van der Waals surface area contributed by atoms with Crippen LogP contribution in [0.15, 0.2) is 10.9 Å². The zero-order valence-corrected chi connectivity index (χ0v) is 7.74. The molecule has 3 N–H and O–H groups in total. The van der Waals surface area contributed by atoms with Crippen molar-refractivity contribution in [2.75, 3.05) is 0 Å². The van der Waals surface area contributed by atoms with Gasteiger partial charge in [0, 0.05) is 6.54 Å². The van der Waals surface area contributed by atoms with Crippen LogP contribution in [0.1, 0.15) is 23.2 Å². The van der Waals surface area contributed by atoms with Crippen molar-refractivity contribution < 1.29 is 22.0 Å². The van der Waals surface area contributed by atoms with Gasteiger partial charge < -0.3 is 10.7 Å². The van der Waals surface area contributed by atoms with Gasteiger partial charge in [-0.2, -0.15) is 13.2 Å². The fourth-order valence-electron chi connectivity index (χ4n) is 1.16. The molecule has 3 nitrogen and oxygen atoms in total. The van der Waals surface area contributed by atoms with Gasteiger partial charge in [0.2, 0.25) is 0 Å². The lowest BCUT2D eigenvalue weighted by atomic mass is 10.1. The van der Waals surface area contributed by atoms with Gasteiger partial charge in [-0.05, 0) is 11.6 Å². The quantitative estimate of drug-likeness (QED) is 0.777. The molecule has 1 aromatic rings. The van der Waals surface area contributed by atoms with Gasteiger partial charge in [0.1, 0.15) is 5.56 Å². The fourth-order valence-corrected chi connectivity index (χ4v) is 1.16. The maximum absolute atomic E-state index is 12.3. The molecule has 16 heavy (non-hydrogen) atoms. The lowest BCUT2D eigenvalue weighted by Crippen LogP contribution is -2.24. The number of alkyl halides is 5. The fraction of sp³-hybridized carbons (Fsp3) is 0.375. The maximum atomic E-state index is 12.3. The Bertz CT molecular complexity index is 437. The number of hydrogen-bond donors (Lipinski definition) is 2. The molecule has 0 radical (unpaired) electrons. The molecule has 0 fully saturated rings. The minimum absolute atomic E-state index is 0.348. The first-order valence-corrected chi connectivity index (χ1v) is 4.09. The average Bonchev–Trinajstić information content (AvgIpc) is 2.15. The van der Waals surface area contributed by atoms with Crippen LogP contribution in [0.5, 0.6) is 0 Å². The first-order valence-electron chi connectivity index (χ1n) is 4.09. The summed E-state index contributed by atoms with van der Waals surface area (Å²) in [5, 5.41) is 0. The molecule has 0 amide bonds. The third-order valence-electron chi connectivity index (χ3n) is 1.90. The van der Waals surface area contributed by atoms with Crippen molar-refractivity contribution in [3.63, 3.8) is 0 Å². The van der Waals surface area contributed by atoms with Gasteiger partial charge in [-0.3, -0.25) is 4.79 Å². The van der Waals surface area contributed by atoms with Gasteiger partial charge >= 0.3 is 6.18 Å². The van der Waals surface area contributed by atoms with Crippen molar-refractivity contribution in [1.82, 2.24) is 4.98 Å². The first kappa shape index (κ1) is 12.6. The Morgan fingerprint density at radius 1 is 1.38 bits per heavy atom. The molecule has 0 aliphatic rings. The largest absolute Gasteiger partial charge is 0.421 e. The van der Waals surface area contributed by atoms with E-state index in [4.69, 9.17) is 5.73 Å². The van der Waals surface area contributed by atoms with Crippen LogP contribution < -0.4 is 11.3 Å². The Labute approximate surface area is 86.1 Å². The number of aromatic nitrogens is 1. The van der Waals surface area contributed by atoms with Gasteiger partial charge in [-0.25, -0.2) is 8.78 Å². The summed E-state index contributed by atoms with van der Waals surface area (Å²) < 4.78 is 61.4. The number of H-pyrrole nitrogens is 1. The smallest absolute Gasteiger partial charge is 0.326 e. The van der Waals surface area contributed by atoms with Crippen molar-refractivity contribution in [2.24, 2.45) is 5.73 Å². The minimum Gasteiger partial charge on any atom is -0.326 e. The third-order valence-corrected chi connectivity index (χ3v) is 1.90. The van der Waals surface area contributed by atoms with Crippen LogP contribution in [0.25, 0.3) is 0 Å². The van der Waals surface area contributed by atoms with Crippen LogP contribution in [-0.2, 0) is 12.7 Å². The molecule has 1 heterocycles. The van der Waals surface area contributed by atoms with Crippen molar-refractivity contribution in [2.45, 2.75) is 19.1 Å². The molecule has 0 saturated carbocycles. The number of aromatic amines is 1. The standard InChI is InChI=1S/C8H7F5N2O/c9-6(10)5-3(2-14)1-4(7(16)15-5)8(11,12)13/h1,6H,2,14H2,(H,15,16). The Kier molecular flexibility index (Phi) is 3.32. The van der Waals surface area contributed by atoms with Gasteiger partial charge in [0.15, 0.2) is 0 Å². The highest BCUT2D eigenvalue weighted by Crippen LogP contribution is 2.29. The summed E-state index contributed by atoms with van der Waals surface area (Å²) in [6, 6.07) is 0.348. The van der Waals surface area contributed by atoms with Crippen LogP contribution in [0.2, 0.25) is 0 Å².